The van der Waals surface area contributed by atoms with Gasteiger partial charge in [0.25, 0.3) is 0 Å². The summed E-state index contributed by atoms with van der Waals surface area (Å²) in [4.78, 5) is 0. The number of nitrogens with one attached hydrogen (secondary N) is 1. The third kappa shape index (κ3) is 4.19. The van der Waals surface area contributed by atoms with E-state index in [4.69, 9.17) is 23.2 Å². The predicted octanol–water partition coefficient (Wildman–Crippen LogP) is 5.42. The fraction of sp³-hybridized carbons (Fsp3) is 0.294. The van der Waals surface area contributed by atoms with Crippen molar-refractivity contribution < 1.29 is 4.39 Å². The quantitative estimate of drug-likeness (QED) is 0.748. The lowest BCUT2D eigenvalue weighted by molar-refractivity contribution is 0.497. The third-order valence-corrected chi connectivity index (χ3v) is 4.07. The molecule has 0 bridgehead atoms. The van der Waals surface area contributed by atoms with E-state index in [9.17, 15) is 4.39 Å². The second-order valence-electron chi connectivity index (χ2n) is 4.94. The average Bonchev–Trinajstić information content (AvgIpc) is 2.46. The van der Waals surface area contributed by atoms with Crippen LogP contribution in [0.2, 0.25) is 10.0 Å². The van der Waals surface area contributed by atoms with Crippen molar-refractivity contribution in [3.63, 3.8) is 0 Å². The maximum Gasteiger partial charge on any atom is 0.129 e. The molecular weight excluding hydrogens is 308 g/mol. The van der Waals surface area contributed by atoms with Gasteiger partial charge in [-0.05, 0) is 43.1 Å². The van der Waals surface area contributed by atoms with Crippen LogP contribution in [0.3, 0.4) is 0 Å². The number of benzene rings is 2. The van der Waals surface area contributed by atoms with Crippen molar-refractivity contribution in [2.75, 3.05) is 6.54 Å². The molecule has 0 spiro atoms. The lowest BCUT2D eigenvalue weighted by Gasteiger charge is -2.21. The van der Waals surface area contributed by atoms with Gasteiger partial charge in [0.1, 0.15) is 5.82 Å². The molecule has 0 radical (unpaired) electrons. The van der Waals surface area contributed by atoms with Crippen LogP contribution in [0.5, 0.6) is 0 Å². The van der Waals surface area contributed by atoms with Crippen molar-refractivity contribution in [2.45, 2.75) is 25.8 Å². The molecule has 2 aromatic carbocycles. The van der Waals surface area contributed by atoms with E-state index in [0.717, 1.165) is 18.5 Å². The zero-order valence-corrected chi connectivity index (χ0v) is 13.4. The highest BCUT2D eigenvalue weighted by atomic mass is 35.5. The first-order valence-corrected chi connectivity index (χ1v) is 7.79. The summed E-state index contributed by atoms with van der Waals surface area (Å²) in [6.07, 6.45) is 1.56. The van der Waals surface area contributed by atoms with Gasteiger partial charge < -0.3 is 5.32 Å². The molecule has 0 heterocycles. The summed E-state index contributed by atoms with van der Waals surface area (Å²) in [7, 11) is 0. The van der Waals surface area contributed by atoms with Crippen molar-refractivity contribution in [2.24, 2.45) is 0 Å². The van der Waals surface area contributed by atoms with E-state index in [-0.39, 0.29) is 11.9 Å². The first-order valence-electron chi connectivity index (χ1n) is 7.04. The van der Waals surface area contributed by atoms with Gasteiger partial charge in [0.2, 0.25) is 0 Å². The van der Waals surface area contributed by atoms with Gasteiger partial charge in [-0.25, -0.2) is 4.39 Å². The highest BCUT2D eigenvalue weighted by Crippen LogP contribution is 2.30. The van der Waals surface area contributed by atoms with E-state index >= 15 is 0 Å². The molecule has 1 N–H and O–H groups in total. The minimum absolute atomic E-state index is 0.196. The minimum Gasteiger partial charge on any atom is -0.310 e. The topological polar surface area (TPSA) is 12.0 Å². The van der Waals surface area contributed by atoms with Gasteiger partial charge in [0, 0.05) is 21.7 Å². The molecular formula is C17H18Cl2FN. The Kier molecular flexibility index (Phi) is 6.04. The van der Waals surface area contributed by atoms with Gasteiger partial charge in [-0.2, -0.15) is 0 Å². The van der Waals surface area contributed by atoms with Gasteiger partial charge in [-0.15, -0.1) is 0 Å². The van der Waals surface area contributed by atoms with E-state index in [1.54, 1.807) is 12.1 Å². The van der Waals surface area contributed by atoms with E-state index in [0.29, 0.717) is 22.0 Å². The highest BCUT2D eigenvalue weighted by Gasteiger charge is 2.19. The fourth-order valence-corrected chi connectivity index (χ4v) is 2.83. The summed E-state index contributed by atoms with van der Waals surface area (Å²) in [5.74, 6) is -0.289. The molecule has 1 nitrogen and oxygen atoms in total. The highest BCUT2D eigenvalue weighted by molar-refractivity contribution is 6.31. The first-order chi connectivity index (χ1) is 10.1. The summed E-state index contributed by atoms with van der Waals surface area (Å²) in [5, 5.41) is 4.49. The smallest absolute Gasteiger partial charge is 0.129 e. The molecule has 0 amide bonds. The number of halogens is 3. The fourth-order valence-electron chi connectivity index (χ4n) is 2.32. The molecule has 4 heteroatoms. The second kappa shape index (κ2) is 7.79. The summed E-state index contributed by atoms with van der Waals surface area (Å²) in [5.41, 5.74) is 1.49. The van der Waals surface area contributed by atoms with Gasteiger partial charge in [-0.3, -0.25) is 0 Å². The molecule has 0 aliphatic rings. The SMILES string of the molecule is CCCNC(Cc1ccccc1Cl)c1c(F)cccc1Cl. The van der Waals surface area contributed by atoms with Crippen LogP contribution < -0.4 is 5.32 Å². The number of rotatable bonds is 6. The largest absolute Gasteiger partial charge is 0.310 e. The Morgan fingerprint density at radius 3 is 2.43 bits per heavy atom. The molecule has 112 valence electrons. The van der Waals surface area contributed by atoms with E-state index in [1.807, 2.05) is 24.3 Å². The van der Waals surface area contributed by atoms with E-state index in [1.165, 1.54) is 6.07 Å². The molecule has 2 aromatic rings. The van der Waals surface area contributed by atoms with Crippen molar-refractivity contribution in [3.8, 4) is 0 Å². The van der Waals surface area contributed by atoms with E-state index < -0.39 is 0 Å². The molecule has 1 unspecified atom stereocenters. The van der Waals surface area contributed by atoms with Gasteiger partial charge >= 0.3 is 0 Å². The lowest BCUT2D eigenvalue weighted by Crippen LogP contribution is -2.25. The minimum atomic E-state index is -0.289. The lowest BCUT2D eigenvalue weighted by atomic mass is 9.98. The molecule has 0 aliphatic carbocycles. The van der Waals surface area contributed by atoms with Crippen LogP contribution in [0, 0.1) is 5.82 Å². The summed E-state index contributed by atoms with van der Waals surface area (Å²) in [6, 6.07) is 12.2. The van der Waals surface area contributed by atoms with E-state index in [2.05, 4.69) is 12.2 Å². The van der Waals surface area contributed by atoms with Crippen LogP contribution in [0.15, 0.2) is 42.5 Å². The zero-order valence-electron chi connectivity index (χ0n) is 11.9. The molecule has 0 saturated carbocycles. The summed E-state index contributed by atoms with van der Waals surface area (Å²) < 4.78 is 14.2. The molecule has 0 saturated heterocycles. The Hall–Kier alpha value is -1.09. The van der Waals surface area contributed by atoms with Crippen LogP contribution in [0.1, 0.15) is 30.5 Å². The molecule has 21 heavy (non-hydrogen) atoms. The molecule has 1 atom stereocenters. The van der Waals surface area contributed by atoms with Crippen LogP contribution >= 0.6 is 23.2 Å². The second-order valence-corrected chi connectivity index (χ2v) is 5.75. The maximum atomic E-state index is 14.2. The number of hydrogen-bond acceptors (Lipinski definition) is 1. The van der Waals surface area contributed by atoms with Crippen LogP contribution in [-0.2, 0) is 6.42 Å². The van der Waals surface area contributed by atoms with Crippen molar-refractivity contribution in [1.29, 1.82) is 0 Å². The van der Waals surface area contributed by atoms with Crippen LogP contribution in [0.4, 0.5) is 4.39 Å². The third-order valence-electron chi connectivity index (χ3n) is 3.37. The normalized spacial score (nSPS) is 12.4. The van der Waals surface area contributed by atoms with Crippen molar-refractivity contribution in [3.05, 3.63) is 69.5 Å². The Balaban J connectivity index is 2.32. The predicted molar refractivity (Wildman–Crippen MR) is 87.6 cm³/mol. The number of hydrogen-bond donors (Lipinski definition) is 1. The van der Waals surface area contributed by atoms with Crippen LogP contribution in [0.25, 0.3) is 0 Å². The Bertz CT molecular complexity index is 581. The zero-order chi connectivity index (χ0) is 15.2. The monoisotopic (exact) mass is 325 g/mol. The van der Waals surface area contributed by atoms with Gasteiger partial charge in [0.15, 0.2) is 0 Å². The van der Waals surface area contributed by atoms with Gasteiger partial charge in [0.05, 0.1) is 0 Å². The molecule has 0 aromatic heterocycles. The van der Waals surface area contributed by atoms with Crippen LogP contribution in [-0.4, -0.2) is 6.54 Å². The Morgan fingerprint density at radius 1 is 1.05 bits per heavy atom. The summed E-state index contributed by atoms with van der Waals surface area (Å²) >= 11 is 12.4. The average molecular weight is 326 g/mol. The standard InChI is InChI=1S/C17H18Cl2FN/c1-2-10-21-16(11-12-6-3-4-7-13(12)18)17-14(19)8-5-9-15(17)20/h3-9,16,21H,2,10-11H2,1H3. The van der Waals surface area contributed by atoms with Gasteiger partial charge in [-0.1, -0.05) is 54.4 Å². The molecule has 2 rings (SSSR count). The Morgan fingerprint density at radius 2 is 1.76 bits per heavy atom. The molecule has 0 aliphatic heterocycles. The molecule has 0 fully saturated rings. The maximum absolute atomic E-state index is 14.2. The van der Waals surface area contributed by atoms with Crippen molar-refractivity contribution in [1.82, 2.24) is 5.32 Å². The van der Waals surface area contributed by atoms with Crippen molar-refractivity contribution >= 4 is 23.2 Å². The first kappa shape index (κ1) is 16.3. The Labute approximate surface area is 135 Å². The summed E-state index contributed by atoms with van der Waals surface area (Å²) in [6.45, 7) is 2.86.